The van der Waals surface area contributed by atoms with Gasteiger partial charge in [-0.15, -0.1) is 0 Å². The summed E-state index contributed by atoms with van der Waals surface area (Å²) in [6.07, 6.45) is 2.82. The minimum absolute atomic E-state index is 0.0575. The maximum absolute atomic E-state index is 13.3. The predicted octanol–water partition coefficient (Wildman–Crippen LogP) is 3.74. The molecule has 0 saturated carbocycles. The van der Waals surface area contributed by atoms with Crippen molar-refractivity contribution in [3.63, 3.8) is 0 Å². The third kappa shape index (κ3) is 3.92. The molecule has 2 atom stereocenters. The van der Waals surface area contributed by atoms with E-state index >= 15 is 0 Å². The molecule has 2 N–H and O–H groups in total. The molecule has 0 radical (unpaired) electrons. The molecule has 2 saturated heterocycles. The number of aromatic nitrogens is 1. The van der Waals surface area contributed by atoms with Gasteiger partial charge in [0.15, 0.2) is 0 Å². The molecule has 1 amide bonds. The maximum atomic E-state index is 13.3. The van der Waals surface area contributed by atoms with Crippen LogP contribution in [0.15, 0.2) is 60.8 Å². The summed E-state index contributed by atoms with van der Waals surface area (Å²) in [5, 5.41) is 12.2. The average molecular weight is 456 g/mol. The maximum Gasteiger partial charge on any atom is 0.254 e. The number of pyridine rings is 1. The van der Waals surface area contributed by atoms with Crippen molar-refractivity contribution in [3.05, 3.63) is 77.5 Å². The standard InChI is InChI=1S/C27H29N5O2/c1-29-24-9-7-17(20-8-10-25(34-3)30-14-20)12-23(24)26(28)18-5-4-6-19(11-18)27(33)32-16-21-13-22(32)15-31(21)2/h4-12,14,21-22,28-29H,13,15-16H2,1-3H3/t21-,22-/m0/s1. The van der Waals surface area contributed by atoms with Crippen LogP contribution in [0, 0.1) is 5.41 Å². The highest BCUT2D eigenvalue weighted by atomic mass is 16.5. The first kappa shape index (κ1) is 22.1. The molecule has 0 aliphatic carbocycles. The third-order valence-corrected chi connectivity index (χ3v) is 7.01. The molecule has 2 bridgehead atoms. The zero-order chi connectivity index (χ0) is 23.8. The van der Waals surface area contributed by atoms with Crippen molar-refractivity contribution in [1.82, 2.24) is 14.8 Å². The molecule has 0 unspecified atom stereocenters. The molecule has 2 aromatic carbocycles. The number of carbonyl (C=O) groups is 1. The van der Waals surface area contributed by atoms with E-state index in [9.17, 15) is 4.79 Å². The number of likely N-dealkylation sites (N-methyl/N-ethyl adjacent to an activating group) is 1. The van der Waals surface area contributed by atoms with Crippen molar-refractivity contribution in [2.24, 2.45) is 0 Å². The van der Waals surface area contributed by atoms with E-state index in [1.165, 1.54) is 0 Å². The van der Waals surface area contributed by atoms with Gasteiger partial charge in [0.05, 0.1) is 12.8 Å². The van der Waals surface area contributed by atoms with E-state index in [2.05, 4.69) is 22.2 Å². The van der Waals surface area contributed by atoms with Crippen LogP contribution in [-0.2, 0) is 0 Å². The molecule has 3 aromatic rings. The Labute approximate surface area is 199 Å². The molecule has 1 aromatic heterocycles. The zero-order valence-corrected chi connectivity index (χ0v) is 19.7. The highest BCUT2D eigenvalue weighted by Gasteiger charge is 2.43. The topological polar surface area (TPSA) is 81.5 Å². The highest BCUT2D eigenvalue weighted by Crippen LogP contribution is 2.31. The molecule has 7 heteroatoms. The van der Waals surface area contributed by atoms with Crippen molar-refractivity contribution in [2.45, 2.75) is 18.5 Å². The number of carbonyl (C=O) groups excluding carboxylic acids is 1. The first-order valence-corrected chi connectivity index (χ1v) is 11.5. The predicted molar refractivity (Wildman–Crippen MR) is 134 cm³/mol. The Kier molecular flexibility index (Phi) is 5.79. The van der Waals surface area contributed by atoms with Crippen LogP contribution in [0.2, 0.25) is 0 Å². The highest BCUT2D eigenvalue weighted by molar-refractivity contribution is 6.15. The van der Waals surface area contributed by atoms with Gasteiger partial charge in [0.25, 0.3) is 5.91 Å². The fourth-order valence-electron chi connectivity index (χ4n) is 5.06. The van der Waals surface area contributed by atoms with Crippen LogP contribution in [0.1, 0.15) is 27.9 Å². The Balaban J connectivity index is 1.43. The minimum atomic E-state index is 0.0575. The summed E-state index contributed by atoms with van der Waals surface area (Å²) in [5.41, 5.74) is 5.24. The van der Waals surface area contributed by atoms with Gasteiger partial charge in [-0.3, -0.25) is 15.1 Å². The van der Waals surface area contributed by atoms with E-state index in [-0.39, 0.29) is 11.9 Å². The first-order chi connectivity index (χ1) is 16.5. The van der Waals surface area contributed by atoms with Crippen LogP contribution < -0.4 is 10.1 Å². The molecule has 5 rings (SSSR count). The summed E-state index contributed by atoms with van der Waals surface area (Å²) >= 11 is 0. The SMILES string of the molecule is CNc1ccc(-c2ccc(OC)nc2)cc1C(=N)c1cccc(C(=O)N2C[C@@H]3C[C@H]2CN3C)c1. The fourth-order valence-corrected chi connectivity index (χ4v) is 5.06. The lowest BCUT2D eigenvalue weighted by molar-refractivity contribution is 0.0650. The Morgan fingerprint density at radius 1 is 1.06 bits per heavy atom. The van der Waals surface area contributed by atoms with E-state index in [4.69, 9.17) is 10.1 Å². The van der Waals surface area contributed by atoms with Crippen LogP contribution in [0.5, 0.6) is 5.88 Å². The Morgan fingerprint density at radius 3 is 2.50 bits per heavy atom. The summed E-state index contributed by atoms with van der Waals surface area (Å²) in [6.45, 7) is 1.72. The van der Waals surface area contributed by atoms with Crippen LogP contribution in [0.4, 0.5) is 5.69 Å². The number of likely N-dealkylation sites (tertiary alicyclic amines) is 2. The lowest BCUT2D eigenvalue weighted by Gasteiger charge is -2.32. The van der Waals surface area contributed by atoms with Crippen LogP contribution in [0.25, 0.3) is 11.1 Å². The molecule has 0 spiro atoms. The number of fused-ring (bicyclic) bond motifs is 2. The van der Waals surface area contributed by atoms with Crippen molar-refractivity contribution in [3.8, 4) is 17.0 Å². The Morgan fingerprint density at radius 2 is 1.85 bits per heavy atom. The molecule has 2 aliphatic heterocycles. The van der Waals surface area contributed by atoms with Crippen molar-refractivity contribution >= 4 is 17.3 Å². The number of hydrogen-bond acceptors (Lipinski definition) is 6. The van der Waals surface area contributed by atoms with Gasteiger partial charge in [-0.1, -0.05) is 18.2 Å². The molecule has 7 nitrogen and oxygen atoms in total. The van der Waals surface area contributed by atoms with Crippen LogP contribution in [-0.4, -0.2) is 72.8 Å². The molecule has 2 fully saturated rings. The molecule has 174 valence electrons. The summed E-state index contributed by atoms with van der Waals surface area (Å²) < 4.78 is 5.16. The summed E-state index contributed by atoms with van der Waals surface area (Å²) in [5.74, 6) is 0.616. The van der Waals surface area contributed by atoms with Gasteiger partial charge in [-0.25, -0.2) is 4.98 Å². The van der Waals surface area contributed by atoms with Gasteiger partial charge in [-0.05, 0) is 49.4 Å². The van der Waals surface area contributed by atoms with Crippen molar-refractivity contribution < 1.29 is 9.53 Å². The van der Waals surface area contributed by atoms with E-state index in [0.29, 0.717) is 28.8 Å². The second kappa shape index (κ2) is 8.91. The van der Waals surface area contributed by atoms with Gasteiger partial charge >= 0.3 is 0 Å². The van der Waals surface area contributed by atoms with Gasteiger partial charge in [0, 0.05) is 72.4 Å². The van der Waals surface area contributed by atoms with Crippen LogP contribution >= 0.6 is 0 Å². The molecule has 3 heterocycles. The lowest BCUT2D eigenvalue weighted by atomic mass is 9.95. The average Bonchev–Trinajstić information content (AvgIpc) is 3.47. The number of methoxy groups -OCH3 is 1. The van der Waals surface area contributed by atoms with E-state index in [1.807, 2.05) is 66.5 Å². The van der Waals surface area contributed by atoms with Gasteiger partial charge in [0.2, 0.25) is 5.88 Å². The fraction of sp³-hybridized carbons (Fsp3) is 0.296. The van der Waals surface area contributed by atoms with Gasteiger partial charge in [0.1, 0.15) is 0 Å². The summed E-state index contributed by atoms with van der Waals surface area (Å²) in [7, 11) is 5.57. The molecular formula is C27H29N5O2. The third-order valence-electron chi connectivity index (χ3n) is 7.01. The van der Waals surface area contributed by atoms with Gasteiger partial charge in [-0.2, -0.15) is 0 Å². The first-order valence-electron chi connectivity index (χ1n) is 11.5. The number of hydrogen-bond donors (Lipinski definition) is 2. The quantitative estimate of drug-likeness (QED) is 0.554. The summed E-state index contributed by atoms with van der Waals surface area (Å²) in [4.78, 5) is 21.9. The number of anilines is 1. The molecular weight excluding hydrogens is 426 g/mol. The normalized spacial score (nSPS) is 19.3. The molecule has 2 aliphatic rings. The largest absolute Gasteiger partial charge is 0.481 e. The van der Waals surface area contributed by atoms with Gasteiger partial charge < -0.3 is 15.0 Å². The smallest absolute Gasteiger partial charge is 0.254 e. The number of piperazine rings is 1. The number of ether oxygens (including phenoxy) is 1. The number of nitrogens with one attached hydrogen (secondary N) is 2. The number of rotatable bonds is 6. The number of amides is 1. The van der Waals surface area contributed by atoms with Crippen LogP contribution in [0.3, 0.4) is 0 Å². The lowest BCUT2D eigenvalue weighted by Crippen LogP contribution is -2.47. The van der Waals surface area contributed by atoms with E-state index in [0.717, 1.165) is 41.9 Å². The van der Waals surface area contributed by atoms with E-state index in [1.54, 1.807) is 13.3 Å². The number of nitrogens with zero attached hydrogens (tertiary/aromatic N) is 3. The Hall–Kier alpha value is -3.71. The zero-order valence-electron chi connectivity index (χ0n) is 19.7. The second-order valence-electron chi connectivity index (χ2n) is 9.00. The molecule has 34 heavy (non-hydrogen) atoms. The van der Waals surface area contributed by atoms with Crippen molar-refractivity contribution in [1.29, 1.82) is 5.41 Å². The second-order valence-corrected chi connectivity index (χ2v) is 9.00. The summed E-state index contributed by atoms with van der Waals surface area (Å²) in [6, 6.07) is 18.0. The van der Waals surface area contributed by atoms with Crippen molar-refractivity contribution in [2.75, 3.05) is 39.6 Å². The Bertz CT molecular complexity index is 1240. The van der Waals surface area contributed by atoms with E-state index < -0.39 is 0 Å². The number of benzene rings is 2. The monoisotopic (exact) mass is 455 g/mol. The minimum Gasteiger partial charge on any atom is -0.481 e.